The molecule has 2 rings (SSSR count). The standard InChI is InChI=1S/C16H20N4O3/c1-12(18-16(23)19(2)11-8-15(21)22)13-6-3-4-7-14(13)20-10-5-9-17-20/h3-7,9-10,12H,8,11H2,1-2H3,(H,18,23)(H,21,22). The molecular weight excluding hydrogens is 296 g/mol. The summed E-state index contributed by atoms with van der Waals surface area (Å²) in [5, 5.41) is 15.8. The number of benzene rings is 1. The Morgan fingerprint density at radius 1 is 1.35 bits per heavy atom. The summed E-state index contributed by atoms with van der Waals surface area (Å²) < 4.78 is 1.74. The molecule has 1 aromatic carbocycles. The molecule has 0 aliphatic carbocycles. The molecule has 23 heavy (non-hydrogen) atoms. The van der Waals surface area contributed by atoms with Crippen LogP contribution in [0.15, 0.2) is 42.7 Å². The van der Waals surface area contributed by atoms with Gasteiger partial charge < -0.3 is 15.3 Å². The van der Waals surface area contributed by atoms with Gasteiger partial charge >= 0.3 is 12.0 Å². The van der Waals surface area contributed by atoms with E-state index in [-0.39, 0.29) is 25.0 Å². The van der Waals surface area contributed by atoms with Crippen molar-refractivity contribution < 1.29 is 14.7 Å². The van der Waals surface area contributed by atoms with E-state index in [0.29, 0.717) is 0 Å². The number of para-hydroxylation sites is 1. The molecule has 0 spiro atoms. The molecule has 1 atom stereocenters. The minimum Gasteiger partial charge on any atom is -0.481 e. The number of urea groups is 1. The highest BCUT2D eigenvalue weighted by molar-refractivity contribution is 5.75. The lowest BCUT2D eigenvalue weighted by Gasteiger charge is -2.22. The maximum absolute atomic E-state index is 12.1. The number of amides is 2. The first-order chi connectivity index (χ1) is 11.0. The molecule has 0 aliphatic heterocycles. The number of aromatic nitrogens is 2. The van der Waals surface area contributed by atoms with Gasteiger partial charge in [-0.2, -0.15) is 5.10 Å². The van der Waals surface area contributed by atoms with E-state index in [1.54, 1.807) is 17.9 Å². The number of aliphatic carboxylic acids is 1. The second-order valence-electron chi connectivity index (χ2n) is 5.25. The predicted molar refractivity (Wildman–Crippen MR) is 85.4 cm³/mol. The molecule has 7 nitrogen and oxygen atoms in total. The third-order valence-electron chi connectivity index (χ3n) is 3.50. The molecule has 0 fully saturated rings. The highest BCUT2D eigenvalue weighted by atomic mass is 16.4. The normalized spacial score (nSPS) is 11.7. The van der Waals surface area contributed by atoms with Gasteiger partial charge in [0, 0.05) is 26.0 Å². The fourth-order valence-electron chi connectivity index (χ4n) is 2.21. The molecule has 2 N–H and O–H groups in total. The van der Waals surface area contributed by atoms with E-state index >= 15 is 0 Å². The lowest BCUT2D eigenvalue weighted by Crippen LogP contribution is -2.39. The SMILES string of the molecule is CC(NC(=O)N(C)CCC(=O)O)c1ccccc1-n1cccn1. The first-order valence-corrected chi connectivity index (χ1v) is 7.31. The molecule has 0 saturated heterocycles. The first kappa shape index (κ1) is 16.5. The van der Waals surface area contributed by atoms with Gasteiger partial charge in [-0.3, -0.25) is 4.79 Å². The summed E-state index contributed by atoms with van der Waals surface area (Å²) in [4.78, 5) is 24.1. The van der Waals surface area contributed by atoms with Crippen LogP contribution in [0, 0.1) is 0 Å². The van der Waals surface area contributed by atoms with Crippen LogP contribution in [0.25, 0.3) is 5.69 Å². The van der Waals surface area contributed by atoms with Crippen molar-refractivity contribution in [3.05, 3.63) is 48.3 Å². The van der Waals surface area contributed by atoms with E-state index in [0.717, 1.165) is 11.3 Å². The van der Waals surface area contributed by atoms with Crippen molar-refractivity contribution in [2.75, 3.05) is 13.6 Å². The smallest absolute Gasteiger partial charge is 0.317 e. The number of hydrogen-bond acceptors (Lipinski definition) is 3. The van der Waals surface area contributed by atoms with Crippen LogP contribution >= 0.6 is 0 Å². The number of nitrogens with one attached hydrogen (secondary N) is 1. The maximum Gasteiger partial charge on any atom is 0.317 e. The number of carboxylic acid groups (broad SMARTS) is 1. The largest absolute Gasteiger partial charge is 0.481 e. The van der Waals surface area contributed by atoms with Crippen LogP contribution in [0.3, 0.4) is 0 Å². The summed E-state index contributed by atoms with van der Waals surface area (Å²) in [6.45, 7) is 2.04. The number of hydrogen-bond donors (Lipinski definition) is 2. The summed E-state index contributed by atoms with van der Waals surface area (Å²) in [6, 6.07) is 8.95. The Kier molecular flexibility index (Phi) is 5.35. The molecule has 0 aliphatic rings. The van der Waals surface area contributed by atoms with Crippen molar-refractivity contribution in [1.29, 1.82) is 0 Å². The molecule has 0 saturated carbocycles. The predicted octanol–water partition coefficient (Wildman–Crippen LogP) is 2.05. The van der Waals surface area contributed by atoms with E-state index in [1.807, 2.05) is 43.5 Å². The lowest BCUT2D eigenvalue weighted by molar-refractivity contribution is -0.137. The van der Waals surface area contributed by atoms with Gasteiger partial charge in [0.2, 0.25) is 0 Å². The minimum atomic E-state index is -0.929. The zero-order valence-corrected chi connectivity index (χ0v) is 13.1. The highest BCUT2D eigenvalue weighted by Gasteiger charge is 2.17. The lowest BCUT2D eigenvalue weighted by atomic mass is 10.1. The van der Waals surface area contributed by atoms with E-state index < -0.39 is 5.97 Å². The summed E-state index contributed by atoms with van der Waals surface area (Å²) in [7, 11) is 1.57. The Hall–Kier alpha value is -2.83. The van der Waals surface area contributed by atoms with Crippen LogP contribution in [-0.4, -0.2) is 45.4 Å². The molecule has 1 aromatic heterocycles. The molecule has 122 valence electrons. The quantitative estimate of drug-likeness (QED) is 0.854. The Bertz CT molecular complexity index is 670. The second kappa shape index (κ2) is 7.44. The monoisotopic (exact) mass is 316 g/mol. The van der Waals surface area contributed by atoms with Crippen molar-refractivity contribution in [2.24, 2.45) is 0 Å². The Balaban J connectivity index is 2.08. The number of carbonyl (C=O) groups excluding carboxylic acids is 1. The van der Waals surface area contributed by atoms with Crippen LogP contribution < -0.4 is 5.32 Å². The van der Waals surface area contributed by atoms with E-state index in [2.05, 4.69) is 10.4 Å². The first-order valence-electron chi connectivity index (χ1n) is 7.31. The molecule has 1 heterocycles. The van der Waals surface area contributed by atoms with E-state index in [1.165, 1.54) is 4.90 Å². The number of carboxylic acids is 1. The van der Waals surface area contributed by atoms with Crippen molar-refractivity contribution >= 4 is 12.0 Å². The summed E-state index contributed by atoms with van der Waals surface area (Å²) in [5.74, 6) is -0.929. The van der Waals surface area contributed by atoms with Gasteiger partial charge in [0.25, 0.3) is 0 Å². The molecule has 7 heteroatoms. The van der Waals surface area contributed by atoms with Crippen molar-refractivity contribution in [1.82, 2.24) is 20.0 Å². The van der Waals surface area contributed by atoms with Gasteiger partial charge in [0.1, 0.15) is 0 Å². The molecule has 1 unspecified atom stereocenters. The zero-order valence-electron chi connectivity index (χ0n) is 13.1. The minimum absolute atomic E-state index is 0.0812. The Labute approximate surface area is 134 Å². The van der Waals surface area contributed by atoms with Gasteiger partial charge in [0.05, 0.1) is 18.2 Å². The van der Waals surface area contributed by atoms with Crippen LogP contribution in [-0.2, 0) is 4.79 Å². The van der Waals surface area contributed by atoms with Gasteiger partial charge in [-0.25, -0.2) is 9.48 Å². The Morgan fingerprint density at radius 2 is 2.09 bits per heavy atom. The van der Waals surface area contributed by atoms with Crippen molar-refractivity contribution in [3.8, 4) is 5.69 Å². The summed E-state index contributed by atoms with van der Waals surface area (Å²) in [5.41, 5.74) is 1.81. The van der Waals surface area contributed by atoms with Crippen LogP contribution in [0.5, 0.6) is 0 Å². The zero-order chi connectivity index (χ0) is 16.8. The van der Waals surface area contributed by atoms with Crippen molar-refractivity contribution in [3.63, 3.8) is 0 Å². The topological polar surface area (TPSA) is 87.5 Å². The summed E-state index contributed by atoms with van der Waals surface area (Å²) in [6.07, 6.45) is 3.45. The van der Waals surface area contributed by atoms with Crippen LogP contribution in [0.2, 0.25) is 0 Å². The molecule has 2 aromatic rings. The van der Waals surface area contributed by atoms with Gasteiger partial charge in [-0.15, -0.1) is 0 Å². The molecule has 0 bridgehead atoms. The number of rotatable bonds is 6. The molecular formula is C16H20N4O3. The summed E-state index contributed by atoms with van der Waals surface area (Å²) >= 11 is 0. The third kappa shape index (κ3) is 4.32. The van der Waals surface area contributed by atoms with Gasteiger partial charge in [-0.05, 0) is 24.6 Å². The average Bonchev–Trinajstić information content (AvgIpc) is 3.06. The third-order valence-corrected chi connectivity index (χ3v) is 3.50. The molecule has 2 amide bonds. The van der Waals surface area contributed by atoms with E-state index in [9.17, 15) is 9.59 Å². The van der Waals surface area contributed by atoms with Crippen LogP contribution in [0.1, 0.15) is 24.9 Å². The van der Waals surface area contributed by atoms with Crippen LogP contribution in [0.4, 0.5) is 4.79 Å². The maximum atomic E-state index is 12.1. The van der Waals surface area contributed by atoms with Gasteiger partial charge in [0.15, 0.2) is 0 Å². The van der Waals surface area contributed by atoms with Crippen molar-refractivity contribution in [2.45, 2.75) is 19.4 Å². The Morgan fingerprint density at radius 3 is 2.74 bits per heavy atom. The second-order valence-corrected chi connectivity index (χ2v) is 5.25. The number of nitrogens with zero attached hydrogens (tertiary/aromatic N) is 3. The molecule has 0 radical (unpaired) electrons. The van der Waals surface area contributed by atoms with E-state index in [4.69, 9.17) is 5.11 Å². The fourth-order valence-corrected chi connectivity index (χ4v) is 2.21. The fraction of sp³-hybridized carbons (Fsp3) is 0.312. The van der Waals surface area contributed by atoms with Gasteiger partial charge in [-0.1, -0.05) is 18.2 Å². The highest BCUT2D eigenvalue weighted by Crippen LogP contribution is 2.21. The average molecular weight is 316 g/mol. The number of carbonyl (C=O) groups is 2.